The van der Waals surface area contributed by atoms with Crippen LogP contribution in [0.1, 0.15) is 5.56 Å². The van der Waals surface area contributed by atoms with Crippen LogP contribution < -0.4 is 5.32 Å². The Morgan fingerprint density at radius 1 is 1.14 bits per heavy atom. The number of nitro groups is 1. The summed E-state index contributed by atoms with van der Waals surface area (Å²) >= 11 is 0. The summed E-state index contributed by atoms with van der Waals surface area (Å²) in [6, 6.07) is 12.6. The van der Waals surface area contributed by atoms with Crippen LogP contribution >= 0.6 is 0 Å². The van der Waals surface area contributed by atoms with Crippen LogP contribution in [0.2, 0.25) is 0 Å². The normalized spacial score (nSPS) is 9.33. The molecule has 0 aliphatic heterocycles. The third-order valence-electron chi connectivity index (χ3n) is 2.55. The van der Waals surface area contributed by atoms with Gasteiger partial charge in [-0.15, -0.1) is 0 Å². The standard InChI is InChI=1S/C15H10N2O4/c18-13-8-4-7-12(17(20)21)15(13)16-14(19)10-9-11-5-2-1-3-6-11/h1-8,18H,(H,16,19). The number of hydrogen-bond donors (Lipinski definition) is 2. The molecule has 2 rings (SSSR count). The van der Waals surface area contributed by atoms with E-state index in [9.17, 15) is 20.0 Å². The van der Waals surface area contributed by atoms with E-state index in [2.05, 4.69) is 17.2 Å². The smallest absolute Gasteiger partial charge is 0.300 e. The highest BCUT2D eigenvalue weighted by Gasteiger charge is 2.18. The lowest BCUT2D eigenvalue weighted by molar-refractivity contribution is -0.384. The molecule has 0 unspecified atom stereocenters. The van der Waals surface area contributed by atoms with E-state index < -0.39 is 16.5 Å². The Labute approximate surface area is 120 Å². The Morgan fingerprint density at radius 2 is 1.86 bits per heavy atom. The number of nitrogens with zero attached hydrogens (tertiary/aromatic N) is 1. The van der Waals surface area contributed by atoms with E-state index in [4.69, 9.17) is 0 Å². The fourth-order valence-corrected chi connectivity index (χ4v) is 1.60. The molecule has 0 bridgehead atoms. The number of hydrogen-bond acceptors (Lipinski definition) is 4. The van der Waals surface area contributed by atoms with Crippen molar-refractivity contribution in [2.45, 2.75) is 0 Å². The first-order valence-electron chi connectivity index (χ1n) is 5.92. The van der Waals surface area contributed by atoms with Crippen LogP contribution in [-0.4, -0.2) is 15.9 Å². The number of carbonyl (C=O) groups is 1. The number of rotatable bonds is 2. The number of para-hydroxylation sites is 1. The lowest BCUT2D eigenvalue weighted by Gasteiger charge is -2.04. The molecule has 0 saturated heterocycles. The molecule has 0 fully saturated rings. The van der Waals surface area contributed by atoms with Gasteiger partial charge in [0.15, 0.2) is 5.69 Å². The zero-order chi connectivity index (χ0) is 15.2. The fraction of sp³-hybridized carbons (Fsp3) is 0. The summed E-state index contributed by atoms with van der Waals surface area (Å²) in [4.78, 5) is 21.8. The van der Waals surface area contributed by atoms with Crippen molar-refractivity contribution in [2.75, 3.05) is 5.32 Å². The van der Waals surface area contributed by atoms with Gasteiger partial charge in [0.1, 0.15) is 5.75 Å². The van der Waals surface area contributed by atoms with E-state index in [1.165, 1.54) is 18.2 Å². The minimum absolute atomic E-state index is 0.269. The van der Waals surface area contributed by atoms with Crippen molar-refractivity contribution in [1.29, 1.82) is 0 Å². The SMILES string of the molecule is O=C(C#Cc1ccccc1)Nc1c(O)cccc1[N+](=O)[O-]. The fourth-order valence-electron chi connectivity index (χ4n) is 1.60. The van der Waals surface area contributed by atoms with Crippen LogP contribution in [0.4, 0.5) is 11.4 Å². The van der Waals surface area contributed by atoms with Crippen molar-refractivity contribution < 1.29 is 14.8 Å². The van der Waals surface area contributed by atoms with E-state index in [0.717, 1.165) is 0 Å². The van der Waals surface area contributed by atoms with Crippen molar-refractivity contribution >= 4 is 17.3 Å². The van der Waals surface area contributed by atoms with Crippen LogP contribution in [0.15, 0.2) is 48.5 Å². The number of amides is 1. The van der Waals surface area contributed by atoms with Crippen molar-refractivity contribution in [3.8, 4) is 17.6 Å². The van der Waals surface area contributed by atoms with E-state index in [1.807, 2.05) is 6.07 Å². The van der Waals surface area contributed by atoms with Gasteiger partial charge in [0, 0.05) is 17.6 Å². The highest BCUT2D eigenvalue weighted by atomic mass is 16.6. The van der Waals surface area contributed by atoms with Gasteiger partial charge < -0.3 is 10.4 Å². The second kappa shape index (κ2) is 6.21. The summed E-state index contributed by atoms with van der Waals surface area (Å²) in [5.41, 5.74) is -0.0286. The number of aromatic hydroxyl groups is 1. The molecule has 2 N–H and O–H groups in total. The molecule has 0 heterocycles. The van der Waals surface area contributed by atoms with Gasteiger partial charge in [-0.25, -0.2) is 0 Å². The number of phenols is 1. The summed E-state index contributed by atoms with van der Waals surface area (Å²) in [7, 11) is 0. The summed E-state index contributed by atoms with van der Waals surface area (Å²) < 4.78 is 0. The molecule has 0 spiro atoms. The number of nitrogens with one attached hydrogen (secondary N) is 1. The molecule has 0 aliphatic carbocycles. The first kappa shape index (κ1) is 14.1. The lowest BCUT2D eigenvalue weighted by Crippen LogP contribution is -2.10. The van der Waals surface area contributed by atoms with E-state index >= 15 is 0 Å². The van der Waals surface area contributed by atoms with E-state index in [-0.39, 0.29) is 11.4 Å². The maximum absolute atomic E-state index is 11.7. The molecule has 0 aromatic heterocycles. The molecule has 1 amide bonds. The van der Waals surface area contributed by atoms with Gasteiger partial charge >= 0.3 is 5.91 Å². The molecule has 0 saturated carbocycles. The molecular weight excluding hydrogens is 272 g/mol. The first-order chi connectivity index (χ1) is 10.1. The number of carbonyl (C=O) groups excluding carboxylic acids is 1. The Bertz CT molecular complexity index is 745. The summed E-state index contributed by atoms with van der Waals surface area (Å²) in [6.45, 7) is 0. The van der Waals surface area contributed by atoms with Gasteiger partial charge in [0.25, 0.3) is 5.69 Å². The van der Waals surface area contributed by atoms with Crippen LogP contribution in [0.5, 0.6) is 5.75 Å². The van der Waals surface area contributed by atoms with Gasteiger partial charge in [-0.1, -0.05) is 30.2 Å². The second-order valence-electron chi connectivity index (χ2n) is 4.00. The van der Waals surface area contributed by atoms with Crippen LogP contribution in [0, 0.1) is 22.0 Å². The molecule has 2 aromatic carbocycles. The van der Waals surface area contributed by atoms with Crippen molar-refractivity contribution in [3.63, 3.8) is 0 Å². The quantitative estimate of drug-likeness (QED) is 0.382. The van der Waals surface area contributed by atoms with E-state index in [1.54, 1.807) is 24.3 Å². The highest BCUT2D eigenvalue weighted by Crippen LogP contribution is 2.32. The van der Waals surface area contributed by atoms with Gasteiger partial charge in [0.2, 0.25) is 0 Å². The van der Waals surface area contributed by atoms with Gasteiger partial charge in [-0.3, -0.25) is 14.9 Å². The predicted octanol–water partition coefficient (Wildman–Crippen LogP) is 2.29. The maximum Gasteiger partial charge on any atom is 0.300 e. The van der Waals surface area contributed by atoms with Crippen LogP contribution in [0.3, 0.4) is 0 Å². The summed E-state index contributed by atoms with van der Waals surface area (Å²) in [6.07, 6.45) is 0. The first-order valence-corrected chi connectivity index (χ1v) is 5.92. The Kier molecular flexibility index (Phi) is 4.17. The lowest BCUT2D eigenvalue weighted by atomic mass is 10.2. The zero-order valence-electron chi connectivity index (χ0n) is 10.7. The van der Waals surface area contributed by atoms with Crippen molar-refractivity contribution in [2.24, 2.45) is 0 Å². The van der Waals surface area contributed by atoms with Crippen molar-refractivity contribution in [1.82, 2.24) is 0 Å². The van der Waals surface area contributed by atoms with Gasteiger partial charge in [-0.05, 0) is 18.2 Å². The van der Waals surface area contributed by atoms with Crippen molar-refractivity contribution in [3.05, 3.63) is 64.2 Å². The Morgan fingerprint density at radius 3 is 2.52 bits per heavy atom. The maximum atomic E-state index is 11.7. The number of benzene rings is 2. The largest absolute Gasteiger partial charge is 0.505 e. The average molecular weight is 282 g/mol. The van der Waals surface area contributed by atoms with Gasteiger partial charge in [-0.2, -0.15) is 0 Å². The Balaban J connectivity index is 2.22. The molecule has 104 valence electrons. The highest BCUT2D eigenvalue weighted by molar-refractivity contribution is 6.06. The third kappa shape index (κ3) is 3.58. The molecule has 6 heteroatoms. The molecule has 2 aromatic rings. The second-order valence-corrected chi connectivity index (χ2v) is 4.00. The molecule has 0 aliphatic rings. The van der Waals surface area contributed by atoms with Crippen LogP contribution in [0.25, 0.3) is 0 Å². The summed E-state index contributed by atoms with van der Waals surface area (Å²) in [5, 5.41) is 22.7. The minimum Gasteiger partial charge on any atom is -0.505 e. The molecule has 6 nitrogen and oxygen atoms in total. The molecule has 0 atom stereocenters. The molecule has 21 heavy (non-hydrogen) atoms. The molecule has 0 radical (unpaired) electrons. The van der Waals surface area contributed by atoms with E-state index in [0.29, 0.717) is 5.56 Å². The predicted molar refractivity (Wildman–Crippen MR) is 76.7 cm³/mol. The number of nitro benzene ring substituents is 1. The average Bonchev–Trinajstić information content (AvgIpc) is 2.48. The third-order valence-corrected chi connectivity index (χ3v) is 2.55. The monoisotopic (exact) mass is 282 g/mol. The zero-order valence-corrected chi connectivity index (χ0v) is 10.7. The Hall–Kier alpha value is -3.33. The number of anilines is 1. The minimum atomic E-state index is -0.747. The number of phenolic OH excluding ortho intramolecular Hbond substituents is 1. The molecular formula is C15H10N2O4. The summed E-state index contributed by atoms with van der Waals surface area (Å²) in [5.74, 6) is 3.79. The topological polar surface area (TPSA) is 92.5 Å². The van der Waals surface area contributed by atoms with Gasteiger partial charge in [0.05, 0.1) is 4.92 Å². The van der Waals surface area contributed by atoms with Crippen LogP contribution in [-0.2, 0) is 4.79 Å².